The van der Waals surface area contributed by atoms with E-state index >= 15 is 0 Å². The second kappa shape index (κ2) is 8.41. The summed E-state index contributed by atoms with van der Waals surface area (Å²) in [5, 5.41) is 11.5. The van der Waals surface area contributed by atoms with Crippen LogP contribution in [0.1, 0.15) is 33.3 Å². The predicted octanol–water partition coefficient (Wildman–Crippen LogP) is 3.46. The van der Waals surface area contributed by atoms with Crippen molar-refractivity contribution in [2.24, 2.45) is 0 Å². The van der Waals surface area contributed by atoms with Gasteiger partial charge >= 0.3 is 6.03 Å². The molecule has 7 nitrogen and oxygen atoms in total. The number of amides is 3. The first-order chi connectivity index (χ1) is 13.7. The van der Waals surface area contributed by atoms with Gasteiger partial charge in [-0.15, -0.1) is 16.8 Å². The fourth-order valence-electron chi connectivity index (χ4n) is 3.11. The Bertz CT molecular complexity index is 914. The molecule has 29 heavy (non-hydrogen) atoms. The van der Waals surface area contributed by atoms with Crippen LogP contribution in [-0.4, -0.2) is 49.9 Å². The van der Waals surface area contributed by atoms with Crippen molar-refractivity contribution in [3.63, 3.8) is 0 Å². The van der Waals surface area contributed by atoms with E-state index in [1.54, 1.807) is 13.0 Å². The minimum Gasteiger partial charge on any atom is -0.336 e. The smallest absolute Gasteiger partial charge is 0.324 e. The van der Waals surface area contributed by atoms with Gasteiger partial charge in [0.05, 0.1) is 5.25 Å². The molecule has 1 saturated heterocycles. The van der Waals surface area contributed by atoms with Crippen LogP contribution in [-0.2, 0) is 16.8 Å². The zero-order chi connectivity index (χ0) is 21.2. The standard InChI is InChI=1S/C21H27N5O2S/c1-6-12-25-17(15-7-9-16(10-8-15)21(3,4)5)23-24-20(25)29-14(2)18(27)26-13-11-22-19(26)28/h6-10,14H,1,11-13H2,2-5H3,(H,22,28)/t14-/m0/s1. The van der Waals surface area contributed by atoms with Gasteiger partial charge in [0.15, 0.2) is 11.0 Å². The van der Waals surface area contributed by atoms with Gasteiger partial charge in [-0.1, -0.05) is 62.9 Å². The molecule has 0 bridgehead atoms. The predicted molar refractivity (Wildman–Crippen MR) is 115 cm³/mol. The Hall–Kier alpha value is -2.61. The SMILES string of the molecule is C=CCn1c(S[C@@H](C)C(=O)N2CCNC2=O)nnc1-c1ccc(C(C)(C)C)cc1. The van der Waals surface area contributed by atoms with Gasteiger partial charge in [-0.3, -0.25) is 14.3 Å². The molecule has 1 fully saturated rings. The number of hydrogen-bond acceptors (Lipinski definition) is 5. The van der Waals surface area contributed by atoms with Crippen LogP contribution in [0.2, 0.25) is 0 Å². The molecule has 0 spiro atoms. The molecular weight excluding hydrogens is 386 g/mol. The molecule has 154 valence electrons. The molecule has 0 aliphatic carbocycles. The molecule has 1 aliphatic rings. The lowest BCUT2D eigenvalue weighted by Crippen LogP contribution is -2.39. The van der Waals surface area contributed by atoms with E-state index in [0.717, 1.165) is 11.4 Å². The lowest BCUT2D eigenvalue weighted by Gasteiger charge is -2.19. The average molecular weight is 414 g/mol. The number of nitrogens with one attached hydrogen (secondary N) is 1. The van der Waals surface area contributed by atoms with Gasteiger partial charge in [0.2, 0.25) is 5.91 Å². The summed E-state index contributed by atoms with van der Waals surface area (Å²) in [6.45, 7) is 13.6. The van der Waals surface area contributed by atoms with Crippen molar-refractivity contribution in [1.29, 1.82) is 0 Å². The van der Waals surface area contributed by atoms with E-state index in [-0.39, 0.29) is 17.4 Å². The first-order valence-electron chi connectivity index (χ1n) is 9.63. The van der Waals surface area contributed by atoms with E-state index in [1.807, 2.05) is 16.7 Å². The molecule has 1 atom stereocenters. The third kappa shape index (κ3) is 4.53. The Morgan fingerprint density at radius 3 is 2.55 bits per heavy atom. The summed E-state index contributed by atoms with van der Waals surface area (Å²) in [4.78, 5) is 25.6. The molecule has 1 N–H and O–H groups in total. The highest BCUT2D eigenvalue weighted by Gasteiger charge is 2.31. The summed E-state index contributed by atoms with van der Waals surface area (Å²) in [6, 6.07) is 7.96. The quantitative estimate of drug-likeness (QED) is 0.579. The van der Waals surface area contributed by atoms with Crippen molar-refractivity contribution in [2.45, 2.75) is 50.1 Å². The topological polar surface area (TPSA) is 80.1 Å². The number of imide groups is 1. The Balaban J connectivity index is 1.84. The maximum absolute atomic E-state index is 12.6. The number of rotatable bonds is 6. The summed E-state index contributed by atoms with van der Waals surface area (Å²) in [5.74, 6) is 0.501. The van der Waals surface area contributed by atoms with E-state index in [2.05, 4.69) is 55.0 Å². The molecule has 8 heteroatoms. The summed E-state index contributed by atoms with van der Waals surface area (Å²) < 4.78 is 1.94. The molecule has 3 rings (SSSR count). The number of hydrogen-bond donors (Lipinski definition) is 1. The van der Waals surface area contributed by atoms with Crippen LogP contribution >= 0.6 is 11.8 Å². The van der Waals surface area contributed by atoms with Crippen molar-refractivity contribution in [3.05, 3.63) is 42.5 Å². The Kier molecular flexibility index (Phi) is 6.12. The maximum atomic E-state index is 12.6. The maximum Gasteiger partial charge on any atom is 0.324 e. The lowest BCUT2D eigenvalue weighted by atomic mass is 9.87. The van der Waals surface area contributed by atoms with Gasteiger partial charge < -0.3 is 5.32 Å². The molecule has 1 aromatic carbocycles. The highest BCUT2D eigenvalue weighted by atomic mass is 32.2. The molecule has 2 aromatic rings. The zero-order valence-corrected chi connectivity index (χ0v) is 18.1. The lowest BCUT2D eigenvalue weighted by molar-refractivity contribution is -0.126. The van der Waals surface area contributed by atoms with Crippen molar-refractivity contribution in [1.82, 2.24) is 25.0 Å². The molecule has 0 saturated carbocycles. The van der Waals surface area contributed by atoms with Crippen LogP contribution in [0.5, 0.6) is 0 Å². The number of allylic oxidation sites excluding steroid dienone is 1. The van der Waals surface area contributed by atoms with E-state index < -0.39 is 5.25 Å². The fraction of sp³-hybridized carbons (Fsp3) is 0.429. The monoisotopic (exact) mass is 413 g/mol. The largest absolute Gasteiger partial charge is 0.336 e. The number of aromatic nitrogens is 3. The molecule has 3 amide bonds. The van der Waals surface area contributed by atoms with Gasteiger partial charge in [-0.2, -0.15) is 0 Å². The highest BCUT2D eigenvalue weighted by Crippen LogP contribution is 2.29. The van der Waals surface area contributed by atoms with Gasteiger partial charge in [-0.25, -0.2) is 4.79 Å². The molecular formula is C21H27N5O2S. The van der Waals surface area contributed by atoms with E-state index in [0.29, 0.717) is 24.8 Å². The third-order valence-corrected chi connectivity index (χ3v) is 5.86. The summed E-state index contributed by atoms with van der Waals surface area (Å²) in [6.07, 6.45) is 1.78. The zero-order valence-electron chi connectivity index (χ0n) is 17.3. The minimum absolute atomic E-state index is 0.0754. The Morgan fingerprint density at radius 1 is 1.31 bits per heavy atom. The number of thioether (sulfide) groups is 1. The number of urea groups is 1. The Morgan fingerprint density at radius 2 is 2.00 bits per heavy atom. The van der Waals surface area contributed by atoms with Crippen molar-refractivity contribution < 1.29 is 9.59 Å². The van der Waals surface area contributed by atoms with Crippen LogP contribution in [0, 0.1) is 0 Å². The molecule has 1 aliphatic heterocycles. The van der Waals surface area contributed by atoms with Gasteiger partial charge in [0.25, 0.3) is 0 Å². The van der Waals surface area contributed by atoms with Crippen molar-refractivity contribution in [2.75, 3.05) is 13.1 Å². The van der Waals surface area contributed by atoms with E-state index in [9.17, 15) is 9.59 Å². The normalized spacial score (nSPS) is 15.3. The molecule has 0 radical (unpaired) electrons. The molecule has 0 unspecified atom stereocenters. The third-order valence-electron chi connectivity index (χ3n) is 4.79. The van der Waals surface area contributed by atoms with Gasteiger partial charge in [-0.05, 0) is 17.9 Å². The number of carbonyl (C=O) groups excluding carboxylic acids is 2. The van der Waals surface area contributed by atoms with Crippen LogP contribution in [0.3, 0.4) is 0 Å². The summed E-state index contributed by atoms with van der Waals surface area (Å²) in [5.41, 5.74) is 2.28. The summed E-state index contributed by atoms with van der Waals surface area (Å²) >= 11 is 1.30. The summed E-state index contributed by atoms with van der Waals surface area (Å²) in [7, 11) is 0. The first kappa shape index (κ1) is 21.1. The van der Waals surface area contributed by atoms with Crippen molar-refractivity contribution in [3.8, 4) is 11.4 Å². The van der Waals surface area contributed by atoms with Gasteiger partial charge in [0, 0.05) is 25.2 Å². The van der Waals surface area contributed by atoms with E-state index in [4.69, 9.17) is 0 Å². The molecule has 1 aromatic heterocycles. The van der Waals surface area contributed by atoms with Crippen molar-refractivity contribution >= 4 is 23.7 Å². The number of nitrogens with zero attached hydrogens (tertiary/aromatic N) is 4. The fourth-order valence-corrected chi connectivity index (χ4v) is 4.03. The second-order valence-electron chi connectivity index (χ2n) is 8.01. The highest BCUT2D eigenvalue weighted by molar-refractivity contribution is 8.00. The Labute approximate surface area is 175 Å². The van der Waals surface area contributed by atoms with Crippen LogP contribution < -0.4 is 5.32 Å². The van der Waals surface area contributed by atoms with Crippen LogP contribution in [0.4, 0.5) is 4.79 Å². The number of benzene rings is 1. The van der Waals surface area contributed by atoms with E-state index in [1.165, 1.54) is 22.2 Å². The first-order valence-corrected chi connectivity index (χ1v) is 10.5. The number of carbonyl (C=O) groups is 2. The van der Waals surface area contributed by atoms with Crippen LogP contribution in [0.15, 0.2) is 42.1 Å². The van der Waals surface area contributed by atoms with Crippen LogP contribution in [0.25, 0.3) is 11.4 Å². The van der Waals surface area contributed by atoms with Gasteiger partial charge in [0.1, 0.15) is 0 Å². The second-order valence-corrected chi connectivity index (χ2v) is 9.32. The minimum atomic E-state index is -0.456. The average Bonchev–Trinajstić information content (AvgIpc) is 3.27. The molecule has 2 heterocycles.